The van der Waals surface area contributed by atoms with E-state index in [1.165, 1.54) is 6.92 Å². The molecule has 0 saturated heterocycles. The Hall–Kier alpha value is -1.56. The van der Waals surface area contributed by atoms with Crippen LogP contribution < -0.4 is 11.1 Å². The zero-order valence-electron chi connectivity index (χ0n) is 18.4. The smallest absolute Gasteiger partial charge is 0.435 e. The van der Waals surface area contributed by atoms with Gasteiger partial charge in [-0.25, -0.2) is 4.79 Å². The van der Waals surface area contributed by atoms with Gasteiger partial charge in [0.2, 0.25) is 12.2 Å². The molecule has 0 aliphatic heterocycles. The number of nitrogens with one attached hydrogen (secondary N) is 1. The minimum absolute atomic E-state index is 0.0694. The summed E-state index contributed by atoms with van der Waals surface area (Å²) in [6.45, 7) is 2.84. The predicted molar refractivity (Wildman–Crippen MR) is 132 cm³/mol. The van der Waals surface area contributed by atoms with Gasteiger partial charge >= 0.3 is 12.1 Å². The monoisotopic (exact) mass is 504 g/mol. The molecule has 0 fully saturated rings. The molecule has 1 aromatic rings. The summed E-state index contributed by atoms with van der Waals surface area (Å²) < 4.78 is 14.3. The number of rotatable bonds is 15. The normalized spacial score (nSPS) is 13.5. The first-order valence-corrected chi connectivity index (χ1v) is 13.4. The first-order valence-electron chi connectivity index (χ1n) is 10.3. The molecular formula is C21H32N2O6S3. The maximum atomic E-state index is 12.7. The van der Waals surface area contributed by atoms with Gasteiger partial charge in [0.25, 0.3) is 0 Å². The van der Waals surface area contributed by atoms with Crippen molar-refractivity contribution in [2.45, 2.75) is 39.0 Å². The van der Waals surface area contributed by atoms with Crippen LogP contribution in [0.2, 0.25) is 0 Å². The van der Waals surface area contributed by atoms with Crippen LogP contribution in [-0.2, 0) is 30.2 Å². The highest BCUT2D eigenvalue weighted by Gasteiger charge is 2.21. The Kier molecular flexibility index (Phi) is 15.1. The Morgan fingerprint density at radius 3 is 2.47 bits per heavy atom. The molecule has 0 bridgehead atoms. The van der Waals surface area contributed by atoms with E-state index in [4.69, 9.17) is 15.2 Å². The Morgan fingerprint density at radius 2 is 1.81 bits per heavy atom. The van der Waals surface area contributed by atoms with E-state index in [-0.39, 0.29) is 31.0 Å². The lowest BCUT2D eigenvalue weighted by Crippen LogP contribution is -2.38. The lowest BCUT2D eigenvalue weighted by molar-refractivity contribution is -0.167. The van der Waals surface area contributed by atoms with Gasteiger partial charge in [-0.15, -0.1) is 0 Å². The van der Waals surface area contributed by atoms with Crippen LogP contribution in [0.1, 0.15) is 25.8 Å². The third-order valence-corrected chi connectivity index (χ3v) is 6.90. The van der Waals surface area contributed by atoms with Crippen molar-refractivity contribution in [1.82, 2.24) is 5.32 Å². The molecule has 8 nitrogen and oxygen atoms in total. The van der Waals surface area contributed by atoms with Gasteiger partial charge in [-0.3, -0.25) is 9.59 Å². The molecule has 0 radical (unpaired) electrons. The largest absolute Gasteiger partial charge is 0.511 e. The van der Waals surface area contributed by atoms with Gasteiger partial charge in [-0.2, -0.15) is 12.6 Å². The SMILES string of the molecule is CCOC(=O)OC(C)OC(=O)CNC(=O)[C@@H](CSSC[C@@H](N)CCS)Cc1ccccc1. The molecule has 11 heteroatoms. The fourth-order valence-electron chi connectivity index (χ4n) is 2.48. The quantitative estimate of drug-likeness (QED) is 0.109. The fourth-order valence-corrected chi connectivity index (χ4v) is 5.38. The summed E-state index contributed by atoms with van der Waals surface area (Å²) in [6.07, 6.45) is -0.666. The third kappa shape index (κ3) is 13.1. The molecule has 0 aromatic heterocycles. The number of esters is 1. The molecule has 180 valence electrons. The van der Waals surface area contributed by atoms with Gasteiger partial charge in [-0.05, 0) is 31.1 Å². The van der Waals surface area contributed by atoms with Crippen molar-refractivity contribution in [2.75, 3.05) is 30.4 Å². The molecule has 3 N–H and O–H groups in total. The highest BCUT2D eigenvalue weighted by molar-refractivity contribution is 8.76. The maximum Gasteiger partial charge on any atom is 0.511 e. The van der Waals surface area contributed by atoms with Crippen molar-refractivity contribution in [3.05, 3.63) is 35.9 Å². The lowest BCUT2D eigenvalue weighted by Gasteiger charge is -2.18. The Balaban J connectivity index is 2.53. The van der Waals surface area contributed by atoms with Gasteiger partial charge in [0, 0.05) is 24.5 Å². The molecule has 1 aromatic carbocycles. The van der Waals surface area contributed by atoms with Crippen LogP contribution in [-0.4, -0.2) is 60.8 Å². The molecule has 0 saturated carbocycles. The summed E-state index contributed by atoms with van der Waals surface area (Å²) in [4.78, 5) is 36.0. The molecule has 3 atom stereocenters. The second-order valence-electron chi connectivity index (χ2n) is 6.80. The number of hydrogen-bond acceptors (Lipinski definition) is 10. The summed E-state index contributed by atoms with van der Waals surface area (Å²) in [5.74, 6) is 0.777. The van der Waals surface area contributed by atoms with Gasteiger partial charge in [-0.1, -0.05) is 51.9 Å². The van der Waals surface area contributed by atoms with Crippen molar-refractivity contribution in [3.63, 3.8) is 0 Å². The molecule has 1 amide bonds. The number of thiol groups is 1. The van der Waals surface area contributed by atoms with E-state index < -0.39 is 18.4 Å². The minimum atomic E-state index is -1.12. The van der Waals surface area contributed by atoms with Crippen LogP contribution in [0.25, 0.3) is 0 Å². The molecule has 0 aliphatic carbocycles. The van der Waals surface area contributed by atoms with E-state index in [0.29, 0.717) is 12.2 Å². The summed E-state index contributed by atoms with van der Waals surface area (Å²) >= 11 is 4.19. The second kappa shape index (κ2) is 17.0. The van der Waals surface area contributed by atoms with E-state index in [9.17, 15) is 14.4 Å². The molecular weight excluding hydrogens is 472 g/mol. The molecule has 0 spiro atoms. The number of benzene rings is 1. The predicted octanol–water partition coefficient (Wildman–Crippen LogP) is 3.05. The van der Waals surface area contributed by atoms with Gasteiger partial charge < -0.3 is 25.3 Å². The second-order valence-corrected chi connectivity index (χ2v) is 9.80. The summed E-state index contributed by atoms with van der Waals surface area (Å²) in [7, 11) is 3.21. The van der Waals surface area contributed by atoms with E-state index >= 15 is 0 Å². The highest BCUT2D eigenvalue weighted by Crippen LogP contribution is 2.26. The number of ether oxygens (including phenoxy) is 3. The Morgan fingerprint density at radius 1 is 1.12 bits per heavy atom. The lowest BCUT2D eigenvalue weighted by atomic mass is 10.0. The average molecular weight is 505 g/mol. The van der Waals surface area contributed by atoms with Crippen LogP contribution in [0.4, 0.5) is 4.79 Å². The van der Waals surface area contributed by atoms with Crippen molar-refractivity contribution in [1.29, 1.82) is 0 Å². The van der Waals surface area contributed by atoms with Crippen LogP contribution >= 0.6 is 34.2 Å². The molecule has 32 heavy (non-hydrogen) atoms. The molecule has 0 heterocycles. The van der Waals surface area contributed by atoms with Crippen molar-refractivity contribution >= 4 is 52.2 Å². The summed E-state index contributed by atoms with van der Waals surface area (Å²) in [5, 5.41) is 2.61. The van der Waals surface area contributed by atoms with E-state index in [0.717, 1.165) is 23.5 Å². The average Bonchev–Trinajstić information content (AvgIpc) is 2.75. The van der Waals surface area contributed by atoms with Gasteiger partial charge in [0.15, 0.2) is 0 Å². The van der Waals surface area contributed by atoms with Crippen molar-refractivity contribution in [2.24, 2.45) is 11.7 Å². The summed E-state index contributed by atoms with van der Waals surface area (Å²) in [5.41, 5.74) is 7.03. The fraction of sp³-hybridized carbons (Fsp3) is 0.571. The zero-order valence-corrected chi connectivity index (χ0v) is 20.9. The van der Waals surface area contributed by atoms with E-state index in [2.05, 4.69) is 22.7 Å². The number of hydrogen-bond donors (Lipinski definition) is 3. The van der Waals surface area contributed by atoms with Gasteiger partial charge in [0.1, 0.15) is 6.54 Å². The number of amides is 1. The molecule has 1 rings (SSSR count). The zero-order chi connectivity index (χ0) is 23.8. The maximum absolute atomic E-state index is 12.7. The minimum Gasteiger partial charge on any atom is -0.435 e. The number of nitrogens with two attached hydrogens (primary N) is 1. The topological polar surface area (TPSA) is 117 Å². The standard InChI is InChI=1S/C21H32N2O6S3/c1-3-27-21(26)29-15(2)28-19(24)12-23-20(25)17(11-16-7-5-4-6-8-16)13-31-32-14-18(22)9-10-30/h4-8,15,17-18,30H,3,9-14,22H2,1-2H3,(H,23,25)/t15?,17-,18+/m1/s1. The van der Waals surface area contributed by atoms with Gasteiger partial charge in [0.05, 0.1) is 12.5 Å². The summed E-state index contributed by atoms with van der Waals surface area (Å²) in [6, 6.07) is 9.75. The molecule has 0 aliphatic rings. The van der Waals surface area contributed by atoms with Crippen molar-refractivity contribution < 1.29 is 28.6 Å². The van der Waals surface area contributed by atoms with Crippen LogP contribution in [0.5, 0.6) is 0 Å². The number of carbonyl (C=O) groups excluding carboxylic acids is 3. The Labute approximate surface area is 202 Å². The van der Waals surface area contributed by atoms with Crippen LogP contribution in [0.3, 0.4) is 0 Å². The first-order chi connectivity index (χ1) is 15.3. The van der Waals surface area contributed by atoms with E-state index in [1.807, 2.05) is 30.3 Å². The highest BCUT2D eigenvalue weighted by atomic mass is 33.1. The van der Waals surface area contributed by atoms with Crippen LogP contribution in [0, 0.1) is 5.92 Å². The molecule has 1 unspecified atom stereocenters. The first kappa shape index (κ1) is 28.5. The number of carbonyl (C=O) groups is 3. The van der Waals surface area contributed by atoms with Crippen LogP contribution in [0.15, 0.2) is 30.3 Å². The van der Waals surface area contributed by atoms with Crippen molar-refractivity contribution in [3.8, 4) is 0 Å². The Bertz CT molecular complexity index is 695. The third-order valence-electron chi connectivity index (χ3n) is 4.06. The van der Waals surface area contributed by atoms with E-state index in [1.54, 1.807) is 28.5 Å².